The summed E-state index contributed by atoms with van der Waals surface area (Å²) in [5.41, 5.74) is 3.31. The molecule has 1 aromatic heterocycles. The maximum Gasteiger partial charge on any atom is 0.341 e. The van der Waals surface area contributed by atoms with Gasteiger partial charge < -0.3 is 14.5 Å². The quantitative estimate of drug-likeness (QED) is 0.773. The van der Waals surface area contributed by atoms with E-state index < -0.39 is 16.0 Å². The van der Waals surface area contributed by atoms with Gasteiger partial charge in [0, 0.05) is 25.7 Å². The van der Waals surface area contributed by atoms with Crippen molar-refractivity contribution in [1.82, 2.24) is 10.0 Å². The molecule has 2 N–H and O–H groups in total. The van der Waals surface area contributed by atoms with Crippen LogP contribution < -0.4 is 10.0 Å². The molecule has 1 aliphatic heterocycles. The summed E-state index contributed by atoms with van der Waals surface area (Å²) in [4.78, 5) is 11.3. The minimum absolute atomic E-state index is 0. The number of hydrogen-bond donors (Lipinski definition) is 2. The molecule has 0 bridgehead atoms. The van der Waals surface area contributed by atoms with E-state index in [9.17, 15) is 13.2 Å². The van der Waals surface area contributed by atoms with Crippen molar-refractivity contribution in [2.75, 3.05) is 7.11 Å². The molecule has 0 radical (unpaired) electrons. The predicted octanol–water partition coefficient (Wildman–Crippen LogP) is 1.57. The van der Waals surface area contributed by atoms with Crippen LogP contribution in [-0.2, 0) is 34.4 Å². The summed E-state index contributed by atoms with van der Waals surface area (Å²) in [6, 6.07) is 6.98. The van der Waals surface area contributed by atoms with Gasteiger partial charge in [0.2, 0.25) is 5.09 Å². The number of fused-ring (bicyclic) bond motifs is 1. The molecule has 0 aliphatic carbocycles. The fourth-order valence-electron chi connectivity index (χ4n) is 2.39. The Labute approximate surface area is 145 Å². The van der Waals surface area contributed by atoms with E-state index in [4.69, 9.17) is 4.42 Å². The van der Waals surface area contributed by atoms with Gasteiger partial charge in [-0.1, -0.05) is 18.2 Å². The summed E-state index contributed by atoms with van der Waals surface area (Å²) in [7, 11) is -2.62. The maximum atomic E-state index is 12.2. The normalized spacial score (nSPS) is 13.2. The first-order valence-electron chi connectivity index (χ1n) is 6.97. The number of carbonyl (C=O) groups is 1. The Bertz CT molecular complexity index is 847. The topological polar surface area (TPSA) is 97.6 Å². The number of ether oxygens (including phenoxy) is 1. The lowest BCUT2D eigenvalue weighted by molar-refractivity contribution is 0.0600. The molecule has 1 aromatic carbocycles. The van der Waals surface area contributed by atoms with Crippen LogP contribution in [0.1, 0.15) is 27.0 Å². The van der Waals surface area contributed by atoms with E-state index in [0.29, 0.717) is 0 Å². The van der Waals surface area contributed by atoms with Crippen molar-refractivity contribution in [3.05, 3.63) is 52.8 Å². The van der Waals surface area contributed by atoms with Gasteiger partial charge in [0.1, 0.15) is 6.26 Å². The van der Waals surface area contributed by atoms with Gasteiger partial charge in [-0.05, 0) is 16.7 Å². The third-order valence-electron chi connectivity index (χ3n) is 3.63. The van der Waals surface area contributed by atoms with Gasteiger partial charge in [-0.25, -0.2) is 17.9 Å². The van der Waals surface area contributed by atoms with Crippen molar-refractivity contribution in [2.45, 2.75) is 24.7 Å². The number of methoxy groups -OCH3 is 1. The summed E-state index contributed by atoms with van der Waals surface area (Å²) < 4.78 is 36.3. The van der Waals surface area contributed by atoms with Gasteiger partial charge in [0.15, 0.2) is 0 Å². The van der Waals surface area contributed by atoms with Crippen LogP contribution in [0.25, 0.3) is 0 Å². The zero-order chi connectivity index (χ0) is 16.4. The molecule has 7 nitrogen and oxygen atoms in total. The van der Waals surface area contributed by atoms with Crippen LogP contribution in [0.4, 0.5) is 0 Å². The number of benzene rings is 1. The number of carbonyl (C=O) groups excluding carboxylic acids is 1. The largest absolute Gasteiger partial charge is 0.465 e. The Morgan fingerprint density at radius 1 is 1.29 bits per heavy atom. The third kappa shape index (κ3) is 3.78. The van der Waals surface area contributed by atoms with Crippen molar-refractivity contribution < 1.29 is 22.4 Å². The molecular formula is C15H17ClN2O5S. The maximum absolute atomic E-state index is 12.2. The van der Waals surface area contributed by atoms with Gasteiger partial charge in [-0.15, -0.1) is 12.4 Å². The standard InChI is InChI=1S/C15H16N2O5S.ClH/c1-21-15(18)13-5-14(22-9-13)23(19,20)17-6-10-2-3-11-7-16-8-12(11)4-10;/h2-5,9,16-17H,6-8H2,1H3;1H. The number of sulfonamides is 1. The average molecular weight is 373 g/mol. The highest BCUT2D eigenvalue weighted by atomic mass is 35.5. The van der Waals surface area contributed by atoms with Crippen LogP contribution in [-0.4, -0.2) is 21.5 Å². The molecule has 0 unspecified atom stereocenters. The number of nitrogens with one attached hydrogen (secondary N) is 2. The fourth-order valence-corrected chi connectivity index (χ4v) is 3.35. The van der Waals surface area contributed by atoms with Gasteiger partial charge in [-0.2, -0.15) is 0 Å². The molecule has 0 fully saturated rings. The van der Waals surface area contributed by atoms with Crippen molar-refractivity contribution in [2.24, 2.45) is 0 Å². The molecule has 130 valence electrons. The lowest BCUT2D eigenvalue weighted by atomic mass is 10.1. The SMILES string of the molecule is COC(=O)c1coc(S(=O)(=O)NCc2ccc3c(c2)CNC3)c1.Cl. The molecular weight excluding hydrogens is 356 g/mol. The van der Waals surface area contributed by atoms with Crippen LogP contribution in [0.2, 0.25) is 0 Å². The summed E-state index contributed by atoms with van der Waals surface area (Å²) >= 11 is 0. The molecule has 0 spiro atoms. The van der Waals surface area contributed by atoms with E-state index in [-0.39, 0.29) is 29.6 Å². The lowest BCUT2D eigenvalue weighted by Gasteiger charge is -2.06. The number of esters is 1. The number of halogens is 1. The number of hydrogen-bond acceptors (Lipinski definition) is 6. The van der Waals surface area contributed by atoms with Gasteiger partial charge in [0.05, 0.1) is 12.7 Å². The van der Waals surface area contributed by atoms with Crippen molar-refractivity contribution >= 4 is 28.4 Å². The summed E-state index contributed by atoms with van der Waals surface area (Å²) in [5, 5.41) is 2.92. The van der Waals surface area contributed by atoms with Crippen molar-refractivity contribution in [1.29, 1.82) is 0 Å². The Balaban J connectivity index is 0.00000208. The minimum atomic E-state index is -3.83. The average Bonchev–Trinajstić information content (AvgIpc) is 3.21. The highest BCUT2D eigenvalue weighted by Gasteiger charge is 2.21. The van der Waals surface area contributed by atoms with Crippen molar-refractivity contribution in [3.63, 3.8) is 0 Å². The van der Waals surface area contributed by atoms with E-state index in [1.54, 1.807) is 0 Å². The van der Waals surface area contributed by atoms with Crippen LogP contribution in [0, 0.1) is 0 Å². The van der Waals surface area contributed by atoms with E-state index in [1.807, 2.05) is 18.2 Å². The second kappa shape index (κ2) is 7.35. The predicted molar refractivity (Wildman–Crippen MR) is 88.3 cm³/mol. The molecule has 0 atom stereocenters. The lowest BCUT2D eigenvalue weighted by Crippen LogP contribution is -2.22. The highest BCUT2D eigenvalue weighted by Crippen LogP contribution is 2.18. The van der Waals surface area contributed by atoms with Crippen LogP contribution in [0.3, 0.4) is 0 Å². The first-order chi connectivity index (χ1) is 11.0. The molecule has 0 saturated carbocycles. The van der Waals surface area contributed by atoms with E-state index in [2.05, 4.69) is 14.8 Å². The van der Waals surface area contributed by atoms with Gasteiger partial charge in [-0.3, -0.25) is 0 Å². The third-order valence-corrected chi connectivity index (χ3v) is 4.90. The molecule has 2 aromatic rings. The molecule has 1 aliphatic rings. The summed E-state index contributed by atoms with van der Waals surface area (Å²) in [5.74, 6) is -0.652. The zero-order valence-electron chi connectivity index (χ0n) is 12.9. The summed E-state index contributed by atoms with van der Waals surface area (Å²) in [6.45, 7) is 1.77. The monoisotopic (exact) mass is 372 g/mol. The number of rotatable bonds is 5. The molecule has 24 heavy (non-hydrogen) atoms. The number of furan rings is 1. The fraction of sp³-hybridized carbons (Fsp3) is 0.267. The molecule has 2 heterocycles. The van der Waals surface area contributed by atoms with Crippen molar-refractivity contribution in [3.8, 4) is 0 Å². The molecule has 0 amide bonds. The first-order valence-corrected chi connectivity index (χ1v) is 8.46. The van der Waals surface area contributed by atoms with E-state index >= 15 is 0 Å². The Morgan fingerprint density at radius 3 is 2.79 bits per heavy atom. The highest BCUT2D eigenvalue weighted by molar-refractivity contribution is 7.89. The second-order valence-electron chi connectivity index (χ2n) is 5.18. The van der Waals surface area contributed by atoms with Crippen LogP contribution >= 0.6 is 12.4 Å². The van der Waals surface area contributed by atoms with Gasteiger partial charge in [0.25, 0.3) is 10.0 Å². The second-order valence-corrected chi connectivity index (χ2v) is 6.88. The molecule has 3 rings (SSSR count). The first kappa shape index (κ1) is 18.5. The zero-order valence-corrected chi connectivity index (χ0v) is 14.5. The van der Waals surface area contributed by atoms with Gasteiger partial charge >= 0.3 is 5.97 Å². The Hall–Kier alpha value is -1.87. The van der Waals surface area contributed by atoms with Crippen LogP contribution in [0.5, 0.6) is 0 Å². The van der Waals surface area contributed by atoms with E-state index in [0.717, 1.165) is 31.0 Å². The molecule has 9 heteroatoms. The van der Waals surface area contributed by atoms with Crippen LogP contribution in [0.15, 0.2) is 40.0 Å². The Morgan fingerprint density at radius 2 is 2.04 bits per heavy atom. The summed E-state index contributed by atoms with van der Waals surface area (Å²) in [6.07, 6.45) is 1.06. The van der Waals surface area contributed by atoms with E-state index in [1.165, 1.54) is 18.2 Å². The Kier molecular flexibility index (Phi) is 5.66. The smallest absolute Gasteiger partial charge is 0.341 e. The minimum Gasteiger partial charge on any atom is -0.465 e. The molecule has 0 saturated heterocycles.